The summed E-state index contributed by atoms with van der Waals surface area (Å²) in [7, 11) is 1.47. The Hall–Kier alpha value is -1.01. The summed E-state index contributed by atoms with van der Waals surface area (Å²) in [6, 6.07) is 3.16. The molecule has 1 N–H and O–H groups in total. The normalized spacial score (nSPS) is 12.0. The number of halogens is 1. The number of fused-ring (bicyclic) bond motifs is 1. The number of imidazole rings is 1. The highest BCUT2D eigenvalue weighted by Gasteiger charge is 2.26. The number of H-pyrrole nitrogens is 1. The van der Waals surface area contributed by atoms with Gasteiger partial charge in [0.05, 0.1) is 18.1 Å². The van der Waals surface area contributed by atoms with Gasteiger partial charge in [0.2, 0.25) is 0 Å². The fourth-order valence-electron chi connectivity index (χ4n) is 2.59. The van der Waals surface area contributed by atoms with Crippen LogP contribution in [0.25, 0.3) is 11.0 Å². The number of thioether (sulfide) groups is 1. The van der Waals surface area contributed by atoms with E-state index in [1.807, 2.05) is 11.8 Å². The SMILES string of the molecule is CCC(CC)(Cn1c(=S)[nH]c2cc(F)c(OC)cc21)SC. The Labute approximate surface area is 133 Å². The average Bonchev–Trinajstić information content (AvgIpc) is 2.78. The number of nitrogens with zero attached hydrogens (tertiary/aromatic N) is 1. The van der Waals surface area contributed by atoms with E-state index in [1.54, 1.807) is 6.07 Å². The van der Waals surface area contributed by atoms with Crippen molar-refractivity contribution in [2.75, 3.05) is 13.4 Å². The first kappa shape index (κ1) is 16.4. The van der Waals surface area contributed by atoms with Crippen LogP contribution in [0.5, 0.6) is 5.75 Å². The molecule has 0 unspecified atom stereocenters. The van der Waals surface area contributed by atoms with Crippen molar-refractivity contribution >= 4 is 35.0 Å². The highest BCUT2D eigenvalue weighted by molar-refractivity contribution is 8.00. The van der Waals surface area contributed by atoms with Crippen molar-refractivity contribution in [2.45, 2.75) is 38.0 Å². The molecule has 6 heteroatoms. The molecular formula is C15H21FN2OS2. The van der Waals surface area contributed by atoms with Crippen LogP contribution in [0.2, 0.25) is 0 Å². The van der Waals surface area contributed by atoms with E-state index in [0.29, 0.717) is 10.3 Å². The molecule has 0 radical (unpaired) electrons. The average molecular weight is 328 g/mol. The van der Waals surface area contributed by atoms with E-state index in [0.717, 1.165) is 24.9 Å². The van der Waals surface area contributed by atoms with Crippen LogP contribution in [0.4, 0.5) is 4.39 Å². The van der Waals surface area contributed by atoms with Crippen LogP contribution < -0.4 is 4.74 Å². The largest absolute Gasteiger partial charge is 0.494 e. The number of aromatic nitrogens is 2. The van der Waals surface area contributed by atoms with Crippen LogP contribution in [0.15, 0.2) is 12.1 Å². The Kier molecular flexibility index (Phi) is 4.99. The number of ether oxygens (including phenoxy) is 1. The van der Waals surface area contributed by atoms with Crippen molar-refractivity contribution in [3.05, 3.63) is 22.7 Å². The van der Waals surface area contributed by atoms with Gasteiger partial charge in [-0.05, 0) is 31.3 Å². The smallest absolute Gasteiger partial charge is 0.178 e. The molecule has 3 nitrogen and oxygen atoms in total. The Bertz CT molecular complexity index is 681. The lowest BCUT2D eigenvalue weighted by Gasteiger charge is -2.30. The second-order valence-electron chi connectivity index (χ2n) is 5.11. The number of benzene rings is 1. The van der Waals surface area contributed by atoms with Gasteiger partial charge in [0.15, 0.2) is 16.3 Å². The van der Waals surface area contributed by atoms with Gasteiger partial charge >= 0.3 is 0 Å². The number of hydrogen-bond donors (Lipinski definition) is 1. The molecule has 1 aromatic heterocycles. The second-order valence-corrected chi connectivity index (χ2v) is 6.78. The van der Waals surface area contributed by atoms with Gasteiger partial charge in [-0.3, -0.25) is 0 Å². The van der Waals surface area contributed by atoms with Crippen molar-refractivity contribution in [1.82, 2.24) is 9.55 Å². The van der Waals surface area contributed by atoms with Crippen LogP contribution in [0.3, 0.4) is 0 Å². The van der Waals surface area contributed by atoms with Crippen molar-refractivity contribution in [1.29, 1.82) is 0 Å². The van der Waals surface area contributed by atoms with Gasteiger partial charge in [0.25, 0.3) is 0 Å². The maximum absolute atomic E-state index is 13.8. The Morgan fingerprint density at radius 2 is 2.05 bits per heavy atom. The number of rotatable bonds is 6. The van der Waals surface area contributed by atoms with E-state index in [9.17, 15) is 4.39 Å². The van der Waals surface area contributed by atoms with Crippen LogP contribution in [-0.4, -0.2) is 27.7 Å². The van der Waals surface area contributed by atoms with E-state index in [4.69, 9.17) is 17.0 Å². The Balaban J connectivity index is 2.58. The van der Waals surface area contributed by atoms with E-state index >= 15 is 0 Å². The lowest BCUT2D eigenvalue weighted by molar-refractivity contribution is 0.387. The minimum Gasteiger partial charge on any atom is -0.494 e. The number of aromatic amines is 1. The van der Waals surface area contributed by atoms with Crippen LogP contribution in [0.1, 0.15) is 26.7 Å². The number of nitrogens with one attached hydrogen (secondary N) is 1. The van der Waals surface area contributed by atoms with E-state index in [-0.39, 0.29) is 16.3 Å². The minimum atomic E-state index is -0.379. The van der Waals surface area contributed by atoms with Crippen LogP contribution in [0, 0.1) is 10.6 Å². The molecule has 1 aromatic carbocycles. The monoisotopic (exact) mass is 328 g/mol. The second kappa shape index (κ2) is 6.40. The fourth-order valence-corrected chi connectivity index (χ4v) is 3.69. The van der Waals surface area contributed by atoms with Crippen LogP contribution >= 0.6 is 24.0 Å². The summed E-state index contributed by atoms with van der Waals surface area (Å²) in [5, 5.41) is 0. The molecule has 0 spiro atoms. The Morgan fingerprint density at radius 3 is 2.57 bits per heavy atom. The molecule has 0 saturated heterocycles. The zero-order valence-electron chi connectivity index (χ0n) is 12.8. The van der Waals surface area contributed by atoms with Crippen LogP contribution in [-0.2, 0) is 6.54 Å². The molecule has 2 rings (SSSR count). The maximum atomic E-state index is 13.8. The number of methoxy groups -OCH3 is 1. The summed E-state index contributed by atoms with van der Waals surface area (Å²) in [6.07, 6.45) is 4.24. The maximum Gasteiger partial charge on any atom is 0.178 e. The van der Waals surface area contributed by atoms with Gasteiger partial charge in [-0.15, -0.1) is 0 Å². The molecular weight excluding hydrogens is 307 g/mol. The zero-order chi connectivity index (χ0) is 15.6. The molecule has 0 aliphatic rings. The molecule has 0 aliphatic heterocycles. The quantitative estimate of drug-likeness (QED) is 0.775. The van der Waals surface area contributed by atoms with Gasteiger partial charge in [0.1, 0.15) is 0 Å². The molecule has 1 heterocycles. The molecule has 0 bridgehead atoms. The van der Waals surface area contributed by atoms with E-state index in [1.165, 1.54) is 13.2 Å². The summed E-state index contributed by atoms with van der Waals surface area (Å²) >= 11 is 7.28. The lowest BCUT2D eigenvalue weighted by Crippen LogP contribution is -2.29. The molecule has 2 aromatic rings. The Morgan fingerprint density at radius 1 is 1.38 bits per heavy atom. The predicted octanol–water partition coefficient (Wildman–Crippen LogP) is 4.77. The predicted molar refractivity (Wildman–Crippen MR) is 90.5 cm³/mol. The topological polar surface area (TPSA) is 29.9 Å². The first-order valence-electron chi connectivity index (χ1n) is 7.01. The third kappa shape index (κ3) is 2.97. The third-order valence-corrected chi connectivity index (χ3v) is 6.11. The van der Waals surface area contributed by atoms with Gasteiger partial charge in [-0.25, -0.2) is 4.39 Å². The number of hydrogen-bond acceptors (Lipinski definition) is 3. The first-order chi connectivity index (χ1) is 10.00. The van der Waals surface area contributed by atoms with E-state index < -0.39 is 0 Å². The summed E-state index contributed by atoms with van der Waals surface area (Å²) in [6.45, 7) is 5.19. The van der Waals surface area contributed by atoms with Gasteiger partial charge in [-0.2, -0.15) is 11.8 Å². The molecule has 21 heavy (non-hydrogen) atoms. The highest BCUT2D eigenvalue weighted by Crippen LogP contribution is 2.34. The van der Waals surface area contributed by atoms with Crippen molar-refractivity contribution in [3.63, 3.8) is 0 Å². The van der Waals surface area contributed by atoms with Gasteiger partial charge < -0.3 is 14.3 Å². The van der Waals surface area contributed by atoms with E-state index in [2.05, 4.69) is 29.7 Å². The van der Waals surface area contributed by atoms with Crippen molar-refractivity contribution in [2.24, 2.45) is 0 Å². The summed E-state index contributed by atoms with van der Waals surface area (Å²) < 4.78 is 21.7. The van der Waals surface area contributed by atoms with Crippen molar-refractivity contribution < 1.29 is 9.13 Å². The molecule has 0 fully saturated rings. The molecule has 116 valence electrons. The summed E-state index contributed by atoms with van der Waals surface area (Å²) in [5.74, 6) is -0.136. The summed E-state index contributed by atoms with van der Waals surface area (Å²) in [4.78, 5) is 3.09. The summed E-state index contributed by atoms with van der Waals surface area (Å²) in [5.41, 5.74) is 1.60. The highest BCUT2D eigenvalue weighted by atomic mass is 32.2. The lowest BCUT2D eigenvalue weighted by atomic mass is 10.0. The minimum absolute atomic E-state index is 0.134. The van der Waals surface area contributed by atoms with Gasteiger partial charge in [-0.1, -0.05) is 13.8 Å². The molecule has 0 saturated carbocycles. The van der Waals surface area contributed by atoms with Crippen molar-refractivity contribution in [3.8, 4) is 5.75 Å². The first-order valence-corrected chi connectivity index (χ1v) is 8.64. The zero-order valence-corrected chi connectivity index (χ0v) is 14.5. The third-order valence-electron chi connectivity index (χ3n) is 4.22. The van der Waals surface area contributed by atoms with Gasteiger partial charge in [0, 0.05) is 23.4 Å². The fraction of sp³-hybridized carbons (Fsp3) is 0.533. The standard InChI is InChI=1S/C15H21FN2OS2/c1-5-15(6-2,21-4)9-18-12-8-13(19-3)10(16)7-11(12)17-14(18)20/h7-8H,5-6,9H2,1-4H3,(H,17,20). The molecule has 0 amide bonds. The molecule has 0 atom stereocenters. The molecule has 0 aliphatic carbocycles.